The average Bonchev–Trinajstić information content (AvgIpc) is 2.58. The molecule has 25 heavy (non-hydrogen) atoms. The molecule has 0 bridgehead atoms. The Morgan fingerprint density at radius 2 is 1.68 bits per heavy atom. The predicted molar refractivity (Wildman–Crippen MR) is 104 cm³/mol. The van der Waals surface area contributed by atoms with Crippen LogP contribution in [0.5, 0.6) is 0 Å². The molecule has 0 aliphatic rings. The molecule has 0 unspecified atom stereocenters. The molecule has 0 aliphatic carbocycles. The van der Waals surface area contributed by atoms with E-state index in [0.717, 1.165) is 21.3 Å². The number of halogens is 1. The van der Waals surface area contributed by atoms with Crippen molar-refractivity contribution in [1.29, 1.82) is 0 Å². The van der Waals surface area contributed by atoms with Gasteiger partial charge in [-0.1, -0.05) is 34.1 Å². The molecule has 0 heterocycles. The first-order valence-electron chi connectivity index (χ1n) is 7.88. The normalized spacial score (nSPS) is 10.7. The molecule has 2 N–H and O–H groups in total. The van der Waals surface area contributed by atoms with Crippen LogP contribution in [-0.2, 0) is 9.59 Å². The summed E-state index contributed by atoms with van der Waals surface area (Å²) in [6.07, 6.45) is 1.74. The summed E-state index contributed by atoms with van der Waals surface area (Å²) in [4.78, 5) is 23.6. The molecule has 2 aromatic carbocycles. The van der Waals surface area contributed by atoms with Gasteiger partial charge in [0.2, 0.25) is 11.8 Å². The lowest BCUT2D eigenvalue weighted by Crippen LogP contribution is -2.20. The smallest absolute Gasteiger partial charge is 0.240 e. The quantitative estimate of drug-likeness (QED) is 0.568. The molecular formula is C19H20BrN3O2. The van der Waals surface area contributed by atoms with Crippen LogP contribution in [0.4, 0.5) is 5.69 Å². The van der Waals surface area contributed by atoms with Crippen LogP contribution in [0.1, 0.15) is 29.5 Å². The lowest BCUT2D eigenvalue weighted by molar-refractivity contribution is -0.124. The molecule has 0 saturated carbocycles. The molecule has 2 rings (SSSR count). The Morgan fingerprint density at radius 3 is 2.36 bits per heavy atom. The second kappa shape index (κ2) is 9.13. The number of hydrogen-bond donors (Lipinski definition) is 2. The summed E-state index contributed by atoms with van der Waals surface area (Å²) < 4.78 is 0.975. The fraction of sp³-hybridized carbons (Fsp3) is 0.211. The molecule has 0 spiro atoms. The highest BCUT2D eigenvalue weighted by atomic mass is 79.9. The van der Waals surface area contributed by atoms with Crippen molar-refractivity contribution in [1.82, 2.24) is 5.43 Å². The summed E-state index contributed by atoms with van der Waals surface area (Å²) in [5, 5.41) is 6.67. The van der Waals surface area contributed by atoms with Crippen LogP contribution in [0.15, 0.2) is 52.0 Å². The second-order valence-corrected chi connectivity index (χ2v) is 6.61. The first-order chi connectivity index (χ1) is 11.9. The van der Waals surface area contributed by atoms with E-state index in [0.29, 0.717) is 0 Å². The third-order valence-corrected chi connectivity index (χ3v) is 4.17. The third-order valence-electron chi connectivity index (χ3n) is 3.64. The first kappa shape index (κ1) is 18.9. The zero-order valence-electron chi connectivity index (χ0n) is 14.2. The molecule has 0 saturated heterocycles. The Labute approximate surface area is 155 Å². The first-order valence-corrected chi connectivity index (χ1v) is 8.68. The van der Waals surface area contributed by atoms with Gasteiger partial charge in [-0.05, 0) is 54.8 Å². The van der Waals surface area contributed by atoms with Crippen LogP contribution < -0.4 is 10.7 Å². The van der Waals surface area contributed by atoms with Gasteiger partial charge in [0.1, 0.15) is 0 Å². The highest BCUT2D eigenvalue weighted by Gasteiger charge is 2.07. The number of nitrogens with zero attached hydrogens (tertiary/aromatic N) is 1. The predicted octanol–water partition coefficient (Wildman–Crippen LogP) is 3.93. The van der Waals surface area contributed by atoms with E-state index >= 15 is 0 Å². The number of benzene rings is 2. The van der Waals surface area contributed by atoms with Gasteiger partial charge in [0, 0.05) is 23.0 Å². The number of anilines is 1. The Bertz CT molecular complexity index is 786. The number of carbonyl (C=O) groups excluding carboxylic acids is 2. The Morgan fingerprint density at radius 1 is 1.00 bits per heavy atom. The molecular weight excluding hydrogens is 382 g/mol. The van der Waals surface area contributed by atoms with Gasteiger partial charge in [0.05, 0.1) is 6.21 Å². The van der Waals surface area contributed by atoms with Crippen LogP contribution >= 0.6 is 15.9 Å². The van der Waals surface area contributed by atoms with Crippen molar-refractivity contribution in [3.63, 3.8) is 0 Å². The molecule has 0 aliphatic heterocycles. The maximum Gasteiger partial charge on any atom is 0.240 e. The molecule has 0 radical (unpaired) electrons. The van der Waals surface area contributed by atoms with Crippen LogP contribution in [-0.4, -0.2) is 18.0 Å². The van der Waals surface area contributed by atoms with E-state index in [2.05, 4.69) is 31.8 Å². The van der Waals surface area contributed by atoms with Crippen molar-refractivity contribution >= 4 is 39.6 Å². The summed E-state index contributed by atoms with van der Waals surface area (Å²) in [6.45, 7) is 4.00. The molecule has 0 aromatic heterocycles. The summed E-state index contributed by atoms with van der Waals surface area (Å²) in [6, 6.07) is 13.2. The molecule has 2 aromatic rings. The van der Waals surface area contributed by atoms with Gasteiger partial charge in [0.25, 0.3) is 0 Å². The van der Waals surface area contributed by atoms with Crippen LogP contribution in [0.3, 0.4) is 0 Å². The zero-order chi connectivity index (χ0) is 18.2. The number of rotatable bonds is 6. The van der Waals surface area contributed by atoms with E-state index in [1.165, 1.54) is 5.56 Å². The van der Waals surface area contributed by atoms with Crippen molar-refractivity contribution in [2.24, 2.45) is 5.10 Å². The Balaban J connectivity index is 1.74. The van der Waals surface area contributed by atoms with Gasteiger partial charge in [-0.15, -0.1) is 0 Å². The fourth-order valence-electron chi connectivity index (χ4n) is 2.05. The second-order valence-electron chi connectivity index (χ2n) is 5.69. The van der Waals surface area contributed by atoms with E-state index in [-0.39, 0.29) is 24.7 Å². The molecule has 5 nitrogen and oxygen atoms in total. The SMILES string of the molecule is Cc1ccc(NC(=O)CCC(=O)NN=Cc2ccc(Br)cc2)cc1C. The van der Waals surface area contributed by atoms with E-state index in [1.807, 2.05) is 56.3 Å². The molecule has 6 heteroatoms. The minimum Gasteiger partial charge on any atom is -0.326 e. The van der Waals surface area contributed by atoms with Crippen LogP contribution in [0.2, 0.25) is 0 Å². The molecule has 2 amide bonds. The van der Waals surface area contributed by atoms with Crippen molar-refractivity contribution in [3.05, 3.63) is 63.6 Å². The van der Waals surface area contributed by atoms with Gasteiger partial charge in [0.15, 0.2) is 0 Å². The van der Waals surface area contributed by atoms with E-state index in [4.69, 9.17) is 0 Å². The zero-order valence-corrected chi connectivity index (χ0v) is 15.8. The van der Waals surface area contributed by atoms with Gasteiger partial charge >= 0.3 is 0 Å². The highest BCUT2D eigenvalue weighted by molar-refractivity contribution is 9.10. The number of nitrogens with one attached hydrogen (secondary N) is 2. The molecule has 0 fully saturated rings. The standard InChI is InChI=1S/C19H20BrN3O2/c1-13-3-8-17(11-14(13)2)22-18(24)9-10-19(25)23-21-12-15-4-6-16(20)7-5-15/h3-8,11-12H,9-10H2,1-2H3,(H,22,24)(H,23,25). The Hall–Kier alpha value is -2.47. The van der Waals surface area contributed by atoms with E-state index < -0.39 is 0 Å². The number of hydrogen-bond acceptors (Lipinski definition) is 3. The minimum atomic E-state index is -0.302. The number of hydrazone groups is 1. The van der Waals surface area contributed by atoms with E-state index in [9.17, 15) is 9.59 Å². The van der Waals surface area contributed by atoms with Gasteiger partial charge in [-0.2, -0.15) is 5.10 Å². The van der Waals surface area contributed by atoms with Crippen LogP contribution in [0.25, 0.3) is 0 Å². The third kappa shape index (κ3) is 6.51. The van der Waals surface area contributed by atoms with Gasteiger partial charge in [-0.25, -0.2) is 5.43 Å². The number of aryl methyl sites for hydroxylation is 2. The van der Waals surface area contributed by atoms with Crippen molar-refractivity contribution in [3.8, 4) is 0 Å². The highest BCUT2D eigenvalue weighted by Crippen LogP contribution is 2.14. The lowest BCUT2D eigenvalue weighted by atomic mass is 10.1. The van der Waals surface area contributed by atoms with Crippen molar-refractivity contribution in [2.45, 2.75) is 26.7 Å². The maximum absolute atomic E-state index is 11.9. The lowest BCUT2D eigenvalue weighted by Gasteiger charge is -2.07. The number of carbonyl (C=O) groups is 2. The summed E-state index contributed by atoms with van der Waals surface area (Å²) >= 11 is 3.35. The molecule has 0 atom stereocenters. The van der Waals surface area contributed by atoms with Gasteiger partial charge < -0.3 is 5.32 Å². The van der Waals surface area contributed by atoms with Crippen LogP contribution in [0, 0.1) is 13.8 Å². The van der Waals surface area contributed by atoms with E-state index in [1.54, 1.807) is 6.21 Å². The number of amides is 2. The largest absolute Gasteiger partial charge is 0.326 e. The van der Waals surface area contributed by atoms with Crippen molar-refractivity contribution < 1.29 is 9.59 Å². The average molecular weight is 402 g/mol. The van der Waals surface area contributed by atoms with Gasteiger partial charge in [-0.3, -0.25) is 9.59 Å². The summed E-state index contributed by atoms with van der Waals surface area (Å²) in [5.41, 5.74) is 6.31. The minimum absolute atomic E-state index is 0.0777. The van der Waals surface area contributed by atoms with Crippen molar-refractivity contribution in [2.75, 3.05) is 5.32 Å². The molecule has 130 valence electrons. The monoisotopic (exact) mass is 401 g/mol. The topological polar surface area (TPSA) is 70.6 Å². The maximum atomic E-state index is 11.9. The summed E-state index contributed by atoms with van der Waals surface area (Å²) in [5.74, 6) is -0.501. The Kier molecular flexibility index (Phi) is 6.89. The summed E-state index contributed by atoms with van der Waals surface area (Å²) in [7, 11) is 0. The fourth-order valence-corrected chi connectivity index (χ4v) is 2.32.